The van der Waals surface area contributed by atoms with E-state index >= 15 is 0 Å². The van der Waals surface area contributed by atoms with E-state index in [-0.39, 0.29) is 0 Å². The highest BCUT2D eigenvalue weighted by atomic mass is 14.7. The van der Waals surface area contributed by atoms with Crippen LogP contribution in [0.25, 0.3) is 0 Å². The van der Waals surface area contributed by atoms with Crippen LogP contribution in [0.15, 0.2) is 54.1 Å². The summed E-state index contributed by atoms with van der Waals surface area (Å²) in [6, 6.07) is 8.43. The van der Waals surface area contributed by atoms with Crippen molar-refractivity contribution in [3.8, 4) is 0 Å². The molecule has 0 aliphatic carbocycles. The standard InChI is InChI=1S/C15H21N.C3H6/c1-4-13(2)8-7-11-14-9-5-6-10-15(14)12-16-3;1-3-2/h5-10,13H,3-4,11-12H2,1-2H3;3H,1H2,2H3/b8-7-;. The Hall–Kier alpha value is -1.63. The van der Waals surface area contributed by atoms with Crippen molar-refractivity contribution in [2.75, 3.05) is 0 Å². The second-order valence-corrected chi connectivity index (χ2v) is 4.58. The molecule has 1 heteroatoms. The molecule has 0 fully saturated rings. The summed E-state index contributed by atoms with van der Waals surface area (Å²) in [5.41, 5.74) is 2.64. The molecule has 1 aromatic carbocycles. The molecular formula is C18H27N. The molecule has 0 bridgehead atoms. The Morgan fingerprint density at radius 1 is 1.26 bits per heavy atom. The van der Waals surface area contributed by atoms with Crippen LogP contribution in [0.5, 0.6) is 0 Å². The third-order valence-corrected chi connectivity index (χ3v) is 2.85. The molecule has 1 atom stereocenters. The van der Waals surface area contributed by atoms with E-state index in [1.807, 2.05) is 6.92 Å². The Balaban J connectivity index is 0.000000982. The molecule has 0 spiro atoms. The van der Waals surface area contributed by atoms with E-state index in [2.05, 4.69) is 68.6 Å². The average Bonchev–Trinajstić information content (AvgIpc) is 2.41. The van der Waals surface area contributed by atoms with Gasteiger partial charge < -0.3 is 0 Å². The average molecular weight is 257 g/mol. The van der Waals surface area contributed by atoms with Gasteiger partial charge in [0.2, 0.25) is 0 Å². The zero-order valence-corrected chi connectivity index (χ0v) is 12.6. The monoisotopic (exact) mass is 257 g/mol. The van der Waals surface area contributed by atoms with Crippen LogP contribution in [-0.2, 0) is 13.0 Å². The van der Waals surface area contributed by atoms with Crippen LogP contribution in [-0.4, -0.2) is 6.72 Å². The number of rotatable bonds is 6. The molecule has 1 unspecified atom stereocenters. The van der Waals surface area contributed by atoms with E-state index in [4.69, 9.17) is 0 Å². The van der Waals surface area contributed by atoms with Crippen LogP contribution in [0.2, 0.25) is 0 Å². The molecule has 0 radical (unpaired) electrons. The molecule has 0 N–H and O–H groups in total. The van der Waals surface area contributed by atoms with E-state index in [1.54, 1.807) is 6.08 Å². The lowest BCUT2D eigenvalue weighted by molar-refractivity contribution is 0.696. The van der Waals surface area contributed by atoms with Gasteiger partial charge in [-0.1, -0.05) is 62.8 Å². The van der Waals surface area contributed by atoms with Gasteiger partial charge in [0.15, 0.2) is 0 Å². The predicted octanol–water partition coefficient (Wildman–Crippen LogP) is 5.22. The van der Waals surface area contributed by atoms with Gasteiger partial charge in [-0.05, 0) is 37.1 Å². The number of hydrogen-bond acceptors (Lipinski definition) is 1. The maximum atomic E-state index is 3.95. The van der Waals surface area contributed by atoms with Crippen LogP contribution in [0.3, 0.4) is 0 Å². The lowest BCUT2D eigenvalue weighted by atomic mass is 10.0. The van der Waals surface area contributed by atoms with Crippen LogP contribution < -0.4 is 0 Å². The first-order chi connectivity index (χ1) is 9.19. The number of aliphatic imine (C=N–C) groups is 1. The Kier molecular flexibility index (Phi) is 10.5. The van der Waals surface area contributed by atoms with Crippen LogP contribution in [0.1, 0.15) is 38.3 Å². The maximum absolute atomic E-state index is 3.95. The van der Waals surface area contributed by atoms with Crippen molar-refractivity contribution < 1.29 is 0 Å². The highest BCUT2D eigenvalue weighted by Crippen LogP contribution is 2.12. The molecule has 0 aromatic heterocycles. The molecule has 0 aliphatic heterocycles. The lowest BCUT2D eigenvalue weighted by Gasteiger charge is -2.05. The minimum atomic E-state index is 0.671. The van der Waals surface area contributed by atoms with Gasteiger partial charge >= 0.3 is 0 Å². The first-order valence-electron chi connectivity index (χ1n) is 6.92. The molecule has 104 valence electrons. The highest BCUT2D eigenvalue weighted by Gasteiger charge is 1.98. The predicted molar refractivity (Wildman–Crippen MR) is 87.9 cm³/mol. The first-order valence-corrected chi connectivity index (χ1v) is 6.92. The molecular weight excluding hydrogens is 230 g/mol. The van der Waals surface area contributed by atoms with Gasteiger partial charge in [0.25, 0.3) is 0 Å². The summed E-state index contributed by atoms with van der Waals surface area (Å²) < 4.78 is 0. The van der Waals surface area contributed by atoms with Crippen molar-refractivity contribution in [1.82, 2.24) is 0 Å². The summed E-state index contributed by atoms with van der Waals surface area (Å²) in [5.74, 6) is 0.671. The van der Waals surface area contributed by atoms with Crippen molar-refractivity contribution in [2.45, 2.75) is 40.2 Å². The Morgan fingerprint density at radius 2 is 1.84 bits per heavy atom. The van der Waals surface area contributed by atoms with Gasteiger partial charge in [-0.3, -0.25) is 4.99 Å². The SMILES string of the molecule is C=CC.C=NCc1ccccc1C/C=C\C(C)CC. The molecule has 1 aromatic rings. The lowest BCUT2D eigenvalue weighted by Crippen LogP contribution is -1.92. The quantitative estimate of drug-likeness (QED) is 0.489. The first kappa shape index (κ1) is 17.4. The fourth-order valence-electron chi connectivity index (χ4n) is 1.59. The van der Waals surface area contributed by atoms with Crippen molar-refractivity contribution in [2.24, 2.45) is 10.9 Å². The Labute approximate surface area is 118 Å². The Bertz CT molecular complexity index is 390. The van der Waals surface area contributed by atoms with Crippen LogP contribution in [0.4, 0.5) is 0 Å². The fraction of sp³-hybridized carbons (Fsp3) is 0.389. The van der Waals surface area contributed by atoms with Gasteiger partial charge in [-0.15, -0.1) is 6.58 Å². The van der Waals surface area contributed by atoms with Gasteiger partial charge in [0.1, 0.15) is 0 Å². The number of nitrogens with zero attached hydrogens (tertiary/aromatic N) is 1. The molecule has 0 amide bonds. The largest absolute Gasteiger partial charge is 0.296 e. The van der Waals surface area contributed by atoms with Crippen molar-refractivity contribution in [3.05, 3.63) is 60.2 Å². The molecule has 0 saturated carbocycles. The summed E-state index contributed by atoms with van der Waals surface area (Å²) >= 11 is 0. The smallest absolute Gasteiger partial charge is 0.0635 e. The molecule has 0 saturated heterocycles. The summed E-state index contributed by atoms with van der Waals surface area (Å²) in [7, 11) is 0. The zero-order chi connectivity index (χ0) is 14.5. The van der Waals surface area contributed by atoms with E-state index in [1.165, 1.54) is 17.5 Å². The molecule has 1 rings (SSSR count). The number of allylic oxidation sites excluding steroid dienone is 3. The minimum Gasteiger partial charge on any atom is -0.296 e. The molecule has 0 heterocycles. The second-order valence-electron chi connectivity index (χ2n) is 4.58. The summed E-state index contributed by atoms with van der Waals surface area (Å²) in [4.78, 5) is 3.95. The Morgan fingerprint density at radius 3 is 2.37 bits per heavy atom. The number of hydrogen-bond donors (Lipinski definition) is 0. The van der Waals surface area contributed by atoms with E-state index < -0.39 is 0 Å². The highest BCUT2D eigenvalue weighted by molar-refractivity contribution is 5.31. The summed E-state index contributed by atoms with van der Waals surface area (Å²) in [6.07, 6.45) is 8.50. The topological polar surface area (TPSA) is 12.4 Å². The second kappa shape index (κ2) is 11.5. The van der Waals surface area contributed by atoms with Gasteiger partial charge in [0, 0.05) is 0 Å². The van der Waals surface area contributed by atoms with E-state index in [9.17, 15) is 0 Å². The fourth-order valence-corrected chi connectivity index (χ4v) is 1.59. The van der Waals surface area contributed by atoms with E-state index in [0.717, 1.165) is 6.42 Å². The number of benzene rings is 1. The minimum absolute atomic E-state index is 0.671. The van der Waals surface area contributed by atoms with Crippen LogP contribution >= 0.6 is 0 Å². The summed E-state index contributed by atoms with van der Waals surface area (Å²) in [6.45, 7) is 14.0. The van der Waals surface area contributed by atoms with Gasteiger partial charge in [-0.25, -0.2) is 0 Å². The maximum Gasteiger partial charge on any atom is 0.0635 e. The molecule has 19 heavy (non-hydrogen) atoms. The third-order valence-electron chi connectivity index (χ3n) is 2.85. The van der Waals surface area contributed by atoms with Gasteiger partial charge in [0.05, 0.1) is 6.54 Å². The van der Waals surface area contributed by atoms with Crippen molar-refractivity contribution in [3.63, 3.8) is 0 Å². The van der Waals surface area contributed by atoms with Crippen molar-refractivity contribution in [1.29, 1.82) is 0 Å². The third kappa shape index (κ3) is 8.15. The zero-order valence-electron chi connectivity index (χ0n) is 12.6. The molecule has 0 aliphatic rings. The molecule has 1 nitrogen and oxygen atoms in total. The van der Waals surface area contributed by atoms with Crippen LogP contribution in [0, 0.1) is 5.92 Å². The van der Waals surface area contributed by atoms with E-state index in [0.29, 0.717) is 12.5 Å². The van der Waals surface area contributed by atoms with Gasteiger partial charge in [-0.2, -0.15) is 0 Å². The summed E-state index contributed by atoms with van der Waals surface area (Å²) in [5, 5.41) is 0. The normalized spacial score (nSPS) is 11.5. The van der Waals surface area contributed by atoms with Crippen molar-refractivity contribution >= 4 is 6.72 Å².